The number of carbonyl (C=O) groups is 3. The van der Waals surface area contributed by atoms with Crippen LogP contribution in [0.5, 0.6) is 0 Å². The lowest BCUT2D eigenvalue weighted by Crippen LogP contribution is -2.58. The molecule has 1 aromatic rings. The Hall–Kier alpha value is -3.09. The molecule has 36 heavy (non-hydrogen) atoms. The van der Waals surface area contributed by atoms with Crippen molar-refractivity contribution in [2.75, 3.05) is 13.7 Å². The molecule has 0 unspecified atom stereocenters. The van der Waals surface area contributed by atoms with E-state index in [9.17, 15) is 14.4 Å². The summed E-state index contributed by atoms with van der Waals surface area (Å²) in [6, 6.07) is 7.54. The largest absolute Gasteiger partial charge is 0.467 e. The molecule has 1 saturated heterocycles. The molecule has 0 saturated carbocycles. The van der Waals surface area contributed by atoms with Crippen molar-refractivity contribution in [2.24, 2.45) is 5.92 Å². The predicted molar refractivity (Wildman–Crippen MR) is 141 cm³/mol. The van der Waals surface area contributed by atoms with Crippen molar-refractivity contribution in [3.63, 3.8) is 0 Å². The van der Waals surface area contributed by atoms with E-state index < -0.39 is 29.7 Å². The summed E-state index contributed by atoms with van der Waals surface area (Å²) in [5.74, 6) is -1.05. The third-order valence-corrected chi connectivity index (χ3v) is 6.33. The van der Waals surface area contributed by atoms with Gasteiger partial charge in [0.1, 0.15) is 17.7 Å². The molecule has 0 spiro atoms. The smallest absolute Gasteiger partial charge is 0.410 e. The maximum absolute atomic E-state index is 14.4. The van der Waals surface area contributed by atoms with Crippen LogP contribution in [0, 0.1) is 5.92 Å². The Balaban J connectivity index is 2.57. The summed E-state index contributed by atoms with van der Waals surface area (Å²) in [7, 11) is 1.33. The van der Waals surface area contributed by atoms with Crippen molar-refractivity contribution in [3.8, 4) is 0 Å². The number of benzene rings is 1. The lowest BCUT2D eigenvalue weighted by Gasteiger charge is -2.39. The Morgan fingerprint density at radius 3 is 2.39 bits per heavy atom. The van der Waals surface area contributed by atoms with Crippen molar-refractivity contribution >= 4 is 18.0 Å². The number of hydrogen-bond acceptors (Lipinski definition) is 5. The van der Waals surface area contributed by atoms with Gasteiger partial charge in [0.15, 0.2) is 0 Å². The Bertz CT molecular complexity index is 921. The Labute approximate surface area is 216 Å². The molecule has 1 aromatic carbocycles. The summed E-state index contributed by atoms with van der Waals surface area (Å²) >= 11 is 0. The first-order chi connectivity index (χ1) is 17.1. The molecule has 0 aromatic heterocycles. The highest BCUT2D eigenvalue weighted by Crippen LogP contribution is 2.31. The monoisotopic (exact) mass is 498 g/mol. The third kappa shape index (κ3) is 7.45. The summed E-state index contributed by atoms with van der Waals surface area (Å²) in [5.41, 5.74) is 0.213. The molecule has 7 heteroatoms. The minimum atomic E-state index is -0.858. The first-order valence-corrected chi connectivity index (χ1v) is 12.8. The molecule has 0 N–H and O–H groups in total. The number of esters is 1. The fraction of sp³-hybridized carbons (Fsp3) is 0.552. The van der Waals surface area contributed by atoms with E-state index in [1.165, 1.54) is 12.0 Å². The highest BCUT2D eigenvalue weighted by atomic mass is 16.6. The van der Waals surface area contributed by atoms with Crippen LogP contribution in [0.4, 0.5) is 4.79 Å². The van der Waals surface area contributed by atoms with Gasteiger partial charge < -0.3 is 14.4 Å². The van der Waals surface area contributed by atoms with Gasteiger partial charge in [0, 0.05) is 18.9 Å². The SMILES string of the molecule is C=C[C@@H]1CCN(C(=O)OC(C)(C)C)[C@H]1C(=O)N([C@H](/C=C/CC)CC)[C@H](Cc1ccccc1)C(=O)OC. The van der Waals surface area contributed by atoms with Gasteiger partial charge in [0.2, 0.25) is 5.91 Å². The molecule has 0 aliphatic carbocycles. The number of ether oxygens (including phenoxy) is 2. The Morgan fingerprint density at radius 1 is 1.19 bits per heavy atom. The van der Waals surface area contributed by atoms with Crippen molar-refractivity contribution in [1.82, 2.24) is 9.80 Å². The zero-order valence-electron chi connectivity index (χ0n) is 22.6. The third-order valence-electron chi connectivity index (χ3n) is 6.33. The lowest BCUT2D eigenvalue weighted by atomic mass is 9.95. The standard InChI is InChI=1S/C29H42N2O5/c1-8-11-17-23(10-3)31(24(27(33)35-7)20-21-15-13-12-14-16-21)26(32)25-22(9-2)18-19-30(25)28(34)36-29(4,5)6/h9,11-17,22-25H,2,8,10,18-20H2,1,3-7H3/b17-11+/t22-,23+,24-,25-/m1/s1. The molecule has 0 radical (unpaired) electrons. The van der Waals surface area contributed by atoms with Crippen LogP contribution in [0.3, 0.4) is 0 Å². The van der Waals surface area contributed by atoms with E-state index in [-0.39, 0.29) is 17.9 Å². The first-order valence-electron chi connectivity index (χ1n) is 12.8. The van der Waals surface area contributed by atoms with Crippen LogP contribution < -0.4 is 0 Å². The highest BCUT2D eigenvalue weighted by Gasteiger charge is 2.47. The summed E-state index contributed by atoms with van der Waals surface area (Å²) in [6.45, 7) is 13.7. The summed E-state index contributed by atoms with van der Waals surface area (Å²) in [6.07, 6.45) is 7.43. The van der Waals surface area contributed by atoms with Crippen molar-refractivity contribution in [1.29, 1.82) is 0 Å². The van der Waals surface area contributed by atoms with E-state index in [0.717, 1.165) is 12.0 Å². The zero-order chi connectivity index (χ0) is 26.9. The normalized spacial score (nSPS) is 19.6. The number of carbonyl (C=O) groups excluding carboxylic acids is 3. The van der Waals surface area contributed by atoms with Gasteiger partial charge in [0.05, 0.1) is 13.2 Å². The molecule has 1 heterocycles. The van der Waals surface area contributed by atoms with E-state index in [0.29, 0.717) is 25.8 Å². The topological polar surface area (TPSA) is 76.2 Å². The van der Waals surface area contributed by atoms with E-state index >= 15 is 0 Å². The van der Waals surface area contributed by atoms with Crippen molar-refractivity contribution in [3.05, 3.63) is 60.7 Å². The van der Waals surface area contributed by atoms with Crippen LogP contribution in [0.1, 0.15) is 59.4 Å². The fourth-order valence-electron chi connectivity index (χ4n) is 4.59. The van der Waals surface area contributed by atoms with E-state index in [4.69, 9.17) is 9.47 Å². The van der Waals surface area contributed by atoms with Crippen LogP contribution in [-0.2, 0) is 25.5 Å². The highest BCUT2D eigenvalue weighted by molar-refractivity contribution is 5.91. The molecule has 198 valence electrons. The van der Waals surface area contributed by atoms with Gasteiger partial charge in [-0.1, -0.05) is 62.4 Å². The maximum Gasteiger partial charge on any atom is 0.410 e. The lowest BCUT2D eigenvalue weighted by molar-refractivity contribution is -0.156. The molecule has 1 aliphatic heterocycles. The average molecular weight is 499 g/mol. The van der Waals surface area contributed by atoms with E-state index in [1.54, 1.807) is 31.7 Å². The quantitative estimate of drug-likeness (QED) is 0.329. The zero-order valence-corrected chi connectivity index (χ0v) is 22.6. The molecule has 0 bridgehead atoms. The van der Waals surface area contributed by atoms with Crippen LogP contribution in [-0.4, -0.2) is 65.2 Å². The maximum atomic E-state index is 14.4. The molecular formula is C29H42N2O5. The van der Waals surface area contributed by atoms with Gasteiger partial charge >= 0.3 is 12.1 Å². The molecule has 1 fully saturated rings. The molecule has 4 atom stereocenters. The molecule has 7 nitrogen and oxygen atoms in total. The Kier molecular flexibility index (Phi) is 10.8. The second-order valence-corrected chi connectivity index (χ2v) is 10.1. The van der Waals surface area contributed by atoms with E-state index in [1.807, 2.05) is 56.3 Å². The molecular weight excluding hydrogens is 456 g/mol. The van der Waals surface area contributed by atoms with Crippen molar-refractivity contribution in [2.45, 2.75) is 84.0 Å². The molecule has 1 aliphatic rings. The number of allylic oxidation sites excluding steroid dienone is 1. The first kappa shape index (κ1) is 29.1. The van der Waals surface area contributed by atoms with E-state index in [2.05, 4.69) is 6.58 Å². The van der Waals surface area contributed by atoms with Crippen LogP contribution >= 0.6 is 0 Å². The number of hydrogen-bond donors (Lipinski definition) is 0. The van der Waals surface area contributed by atoms with Crippen molar-refractivity contribution < 1.29 is 23.9 Å². The summed E-state index contributed by atoms with van der Waals surface area (Å²) < 4.78 is 10.8. The van der Waals surface area contributed by atoms with Gasteiger partial charge in [-0.05, 0) is 45.6 Å². The number of rotatable bonds is 10. The van der Waals surface area contributed by atoms with Gasteiger partial charge in [-0.2, -0.15) is 0 Å². The minimum Gasteiger partial charge on any atom is -0.467 e. The second kappa shape index (κ2) is 13.3. The predicted octanol–water partition coefficient (Wildman–Crippen LogP) is 5.16. The molecule has 2 rings (SSSR count). The number of amides is 2. The van der Waals surface area contributed by atoms with Gasteiger partial charge in [-0.3, -0.25) is 9.69 Å². The van der Waals surface area contributed by atoms with Crippen LogP contribution in [0.2, 0.25) is 0 Å². The Morgan fingerprint density at radius 2 is 1.86 bits per heavy atom. The summed E-state index contributed by atoms with van der Waals surface area (Å²) in [5, 5.41) is 0. The fourth-order valence-corrected chi connectivity index (χ4v) is 4.59. The number of likely N-dealkylation sites (tertiary alicyclic amines) is 1. The van der Waals surface area contributed by atoms with Gasteiger partial charge in [-0.15, -0.1) is 6.58 Å². The molecule has 2 amide bonds. The average Bonchev–Trinajstić information content (AvgIpc) is 3.29. The van der Waals surface area contributed by atoms with Crippen LogP contribution in [0.25, 0.3) is 0 Å². The van der Waals surface area contributed by atoms with Gasteiger partial charge in [-0.25, -0.2) is 9.59 Å². The second-order valence-electron chi connectivity index (χ2n) is 10.1. The van der Waals surface area contributed by atoms with Gasteiger partial charge in [0.25, 0.3) is 0 Å². The number of nitrogens with zero attached hydrogens (tertiary/aromatic N) is 2. The number of methoxy groups -OCH3 is 1. The minimum absolute atomic E-state index is 0.254. The van der Waals surface area contributed by atoms with Crippen LogP contribution in [0.15, 0.2) is 55.1 Å². The summed E-state index contributed by atoms with van der Waals surface area (Å²) in [4.78, 5) is 43.8.